The van der Waals surface area contributed by atoms with E-state index in [1.54, 1.807) is 0 Å². The molecule has 0 saturated heterocycles. The van der Waals surface area contributed by atoms with Gasteiger partial charge in [0.1, 0.15) is 0 Å². The van der Waals surface area contributed by atoms with E-state index in [2.05, 4.69) is 78.6 Å². The van der Waals surface area contributed by atoms with Crippen LogP contribution in [0.15, 0.2) is 4.42 Å². The molecule has 0 aliphatic heterocycles. The van der Waals surface area contributed by atoms with Crippen molar-refractivity contribution in [2.45, 2.75) is 62.3 Å². The molecule has 0 spiro atoms. The molecule has 0 fully saturated rings. The third-order valence-corrected chi connectivity index (χ3v) is 6.10. The van der Waals surface area contributed by atoms with Crippen molar-refractivity contribution in [3.05, 3.63) is 56.1 Å². The van der Waals surface area contributed by atoms with E-state index in [1.807, 2.05) is 0 Å². The van der Waals surface area contributed by atoms with Gasteiger partial charge in [-0.15, -0.1) is 21.3 Å². The van der Waals surface area contributed by atoms with Crippen molar-refractivity contribution in [2.75, 3.05) is 0 Å². The summed E-state index contributed by atoms with van der Waals surface area (Å²) in [6, 6.07) is 3.40. The maximum atomic E-state index is 6.20. The fourth-order valence-corrected chi connectivity index (χ4v) is 3.69. The largest absolute Gasteiger partial charge is 0.418 e. The first-order valence-corrected chi connectivity index (χ1v) is 9.06. The summed E-state index contributed by atoms with van der Waals surface area (Å²) in [5.41, 5.74) is 13.0. The van der Waals surface area contributed by atoms with E-state index in [0.29, 0.717) is 11.8 Å². The number of benzene rings is 2. The summed E-state index contributed by atoms with van der Waals surface area (Å²) in [6.45, 7) is 19.1. The number of aryl methyl sites for hydroxylation is 2. The smallest absolute Gasteiger partial charge is 0.248 e. The summed E-state index contributed by atoms with van der Waals surface area (Å²) in [7, 11) is 0. The monoisotopic (exact) mass is 531 g/mol. The number of hydrogen-bond donors (Lipinski definition) is 0. The van der Waals surface area contributed by atoms with Gasteiger partial charge < -0.3 is 4.42 Å². The van der Waals surface area contributed by atoms with Crippen molar-refractivity contribution in [2.24, 2.45) is 0 Å². The Kier molecular flexibility index (Phi) is 6.16. The average molecular weight is 531 g/mol. The molecule has 0 bridgehead atoms. The van der Waals surface area contributed by atoms with Gasteiger partial charge in [-0.2, -0.15) is 17.2 Å². The molecule has 0 aliphatic rings. The summed E-state index contributed by atoms with van der Waals surface area (Å²) in [6.07, 6.45) is 0. The van der Waals surface area contributed by atoms with E-state index in [9.17, 15) is 0 Å². The van der Waals surface area contributed by atoms with Crippen molar-refractivity contribution >= 4 is 0 Å². The molecule has 0 unspecified atom stereocenters. The molecule has 0 N–H and O–H groups in total. The summed E-state index contributed by atoms with van der Waals surface area (Å²) in [5.74, 6) is 1.19. The van der Waals surface area contributed by atoms with Crippen LogP contribution >= 0.6 is 0 Å². The zero-order valence-electron chi connectivity index (χ0n) is 17.7. The molecule has 142 valence electrons. The van der Waals surface area contributed by atoms with Gasteiger partial charge in [-0.1, -0.05) is 33.3 Å². The minimum Gasteiger partial charge on any atom is -0.418 e. The average Bonchev–Trinajstić information content (AvgIpc) is 3.06. The first-order valence-electron chi connectivity index (χ1n) is 9.06. The van der Waals surface area contributed by atoms with Gasteiger partial charge in [-0.05, 0) is 62.4 Å². The molecule has 0 aliphatic carbocycles. The maximum Gasteiger partial charge on any atom is 0.248 e. The molecule has 0 atom stereocenters. The maximum absolute atomic E-state index is 6.20. The van der Waals surface area contributed by atoms with Crippen LogP contribution in [0.1, 0.15) is 50.1 Å². The zero-order valence-corrected chi connectivity index (χ0v) is 20.6. The molecule has 2 aromatic carbocycles. The van der Waals surface area contributed by atoms with Crippen molar-refractivity contribution in [1.29, 1.82) is 0 Å². The van der Waals surface area contributed by atoms with Crippen LogP contribution in [0.2, 0.25) is 0 Å². The number of nitrogens with zero attached hydrogens (tertiary/aromatic N) is 2. The predicted octanol–water partition coefficient (Wildman–Crippen LogP) is 5.98. The van der Waals surface area contributed by atoms with Crippen molar-refractivity contribution in [3.63, 3.8) is 0 Å². The second-order valence-corrected chi connectivity index (χ2v) is 7.41. The first kappa shape index (κ1) is 21.6. The van der Waals surface area contributed by atoms with Gasteiger partial charge in [0.25, 0.3) is 0 Å². The normalized spacial score (nSPS) is 10.9. The van der Waals surface area contributed by atoms with Gasteiger partial charge >= 0.3 is 0 Å². The molecule has 1 heterocycles. The van der Waals surface area contributed by atoms with E-state index < -0.39 is 0 Å². The fourth-order valence-electron chi connectivity index (χ4n) is 3.69. The molecule has 3 rings (SSSR count). The topological polar surface area (TPSA) is 38.9 Å². The Morgan fingerprint density at radius 3 is 1.26 bits per heavy atom. The molecule has 3 aromatic rings. The van der Waals surface area contributed by atoms with Crippen LogP contribution in [0.25, 0.3) is 22.9 Å². The SMILES string of the molecule is Cc1[c-]c(C)c(C)c(-c2nnc(-c3c(C)c(C)c(C)c(C)c3C)o2)c1C.[W]. The van der Waals surface area contributed by atoms with Crippen LogP contribution in [0.3, 0.4) is 0 Å². The number of rotatable bonds is 2. The quantitative estimate of drug-likeness (QED) is 0.383. The molecular weight excluding hydrogens is 504 g/mol. The second-order valence-electron chi connectivity index (χ2n) is 7.41. The summed E-state index contributed by atoms with van der Waals surface area (Å²) in [5, 5.41) is 8.81. The Bertz CT molecular complexity index is 976. The van der Waals surface area contributed by atoms with Crippen LogP contribution in [0.5, 0.6) is 0 Å². The van der Waals surface area contributed by atoms with Gasteiger partial charge in [0.05, 0.1) is 0 Å². The van der Waals surface area contributed by atoms with Crippen molar-refractivity contribution in [1.82, 2.24) is 10.2 Å². The Balaban J connectivity index is 0.00000261. The van der Waals surface area contributed by atoms with E-state index in [0.717, 1.165) is 33.4 Å². The Hall–Kier alpha value is -1.73. The van der Waals surface area contributed by atoms with E-state index in [-0.39, 0.29) is 21.1 Å². The van der Waals surface area contributed by atoms with Crippen molar-refractivity contribution in [3.8, 4) is 22.9 Å². The molecule has 0 amide bonds. The van der Waals surface area contributed by atoms with Crippen molar-refractivity contribution < 1.29 is 25.5 Å². The molecule has 3 nitrogen and oxygen atoms in total. The molecule has 0 saturated carbocycles. The Labute approximate surface area is 176 Å². The Morgan fingerprint density at radius 2 is 0.852 bits per heavy atom. The summed E-state index contributed by atoms with van der Waals surface area (Å²) >= 11 is 0. The van der Waals surface area contributed by atoms with Gasteiger partial charge in [0, 0.05) is 26.6 Å². The molecule has 27 heavy (non-hydrogen) atoms. The predicted molar refractivity (Wildman–Crippen MR) is 107 cm³/mol. The number of hydrogen-bond acceptors (Lipinski definition) is 3. The molecular formula is C23H27N2OW-. The summed E-state index contributed by atoms with van der Waals surface area (Å²) in [4.78, 5) is 0. The van der Waals surface area contributed by atoms with Gasteiger partial charge in [0.2, 0.25) is 11.8 Å². The van der Waals surface area contributed by atoms with E-state index >= 15 is 0 Å². The first-order chi connectivity index (χ1) is 12.1. The molecule has 4 heteroatoms. The minimum absolute atomic E-state index is 0. The van der Waals surface area contributed by atoms with E-state index in [1.165, 1.54) is 27.8 Å². The van der Waals surface area contributed by atoms with Gasteiger partial charge in [-0.25, -0.2) is 0 Å². The Morgan fingerprint density at radius 1 is 0.519 bits per heavy atom. The van der Waals surface area contributed by atoms with Gasteiger partial charge in [0.15, 0.2) is 0 Å². The summed E-state index contributed by atoms with van der Waals surface area (Å²) < 4.78 is 6.20. The van der Waals surface area contributed by atoms with Gasteiger partial charge in [-0.3, -0.25) is 0 Å². The van der Waals surface area contributed by atoms with Crippen LogP contribution < -0.4 is 0 Å². The second kappa shape index (κ2) is 7.71. The third kappa shape index (κ3) is 3.43. The fraction of sp³-hybridized carbons (Fsp3) is 0.391. The van der Waals surface area contributed by atoms with Crippen LogP contribution in [-0.4, -0.2) is 10.2 Å². The zero-order chi connectivity index (χ0) is 19.3. The number of aromatic nitrogens is 2. The van der Waals surface area contributed by atoms with Crippen LogP contribution in [0.4, 0.5) is 0 Å². The standard InChI is InChI=1S/C23H27N2O.W/c1-11-10-12(2)14(4)20(13(11)3)22-24-25-23(26-22)21-18(8)16(6)15(5)17(7)19(21)9;/h1-9H3;/q-1;. The molecule has 1 aromatic heterocycles. The third-order valence-electron chi connectivity index (χ3n) is 6.10. The van der Waals surface area contributed by atoms with E-state index in [4.69, 9.17) is 4.42 Å². The molecule has 0 radical (unpaired) electrons. The van der Waals surface area contributed by atoms with Crippen LogP contribution in [0, 0.1) is 68.4 Å². The van der Waals surface area contributed by atoms with Crippen LogP contribution in [-0.2, 0) is 21.1 Å². The minimum atomic E-state index is 0.